The van der Waals surface area contributed by atoms with E-state index in [1.807, 2.05) is 31.2 Å². The van der Waals surface area contributed by atoms with E-state index in [2.05, 4.69) is 15.6 Å². The zero-order valence-electron chi connectivity index (χ0n) is 21.5. The maximum Gasteiger partial charge on any atom is 0.261 e. The molecule has 0 saturated carbocycles. The van der Waals surface area contributed by atoms with Gasteiger partial charge in [-0.2, -0.15) is 0 Å². The van der Waals surface area contributed by atoms with Gasteiger partial charge in [-0.15, -0.1) is 0 Å². The predicted octanol–water partition coefficient (Wildman–Crippen LogP) is 4.16. The maximum absolute atomic E-state index is 13.6. The van der Waals surface area contributed by atoms with Gasteiger partial charge in [-0.05, 0) is 30.7 Å². The van der Waals surface area contributed by atoms with E-state index in [9.17, 15) is 9.59 Å². The standard InChI is InChI=1S/C28H28N4O6/c1-5-30-20-13-25(23(35-3)11-18(20)27(33)29-2)37-38-26-14-21-19(12-24(26)36-4)28(34)32-17(15-31-21)10-16-8-6-7-9-22(16)32/h6-9,11-15,17,30H,5,10H2,1-4H3,(H,29,33)/t17-/m0/s1. The lowest BCUT2D eigenvalue weighted by molar-refractivity contribution is -0.103. The van der Waals surface area contributed by atoms with Crippen molar-refractivity contribution in [1.29, 1.82) is 0 Å². The van der Waals surface area contributed by atoms with E-state index in [0.717, 1.165) is 11.3 Å². The van der Waals surface area contributed by atoms with Gasteiger partial charge in [0, 0.05) is 44.0 Å². The van der Waals surface area contributed by atoms with E-state index in [0.29, 0.717) is 47.0 Å². The van der Waals surface area contributed by atoms with E-state index in [1.54, 1.807) is 42.4 Å². The summed E-state index contributed by atoms with van der Waals surface area (Å²) in [6.45, 7) is 2.50. The van der Waals surface area contributed by atoms with Crippen LogP contribution in [0, 0.1) is 0 Å². The third-order valence-electron chi connectivity index (χ3n) is 6.49. The van der Waals surface area contributed by atoms with E-state index in [1.165, 1.54) is 14.2 Å². The van der Waals surface area contributed by atoms with Crippen LogP contribution >= 0.6 is 0 Å². The van der Waals surface area contributed by atoms with Gasteiger partial charge < -0.3 is 20.1 Å². The number of nitrogens with zero attached hydrogens (tertiary/aromatic N) is 2. The summed E-state index contributed by atoms with van der Waals surface area (Å²) in [4.78, 5) is 43.6. The lowest BCUT2D eigenvalue weighted by Gasteiger charge is -2.22. The van der Waals surface area contributed by atoms with Gasteiger partial charge in [-0.25, -0.2) is 0 Å². The number of aliphatic imine (C=N–C) groups is 1. The fraction of sp³-hybridized carbons (Fsp3) is 0.250. The summed E-state index contributed by atoms with van der Waals surface area (Å²) in [6.07, 6.45) is 2.48. The molecule has 0 saturated heterocycles. The summed E-state index contributed by atoms with van der Waals surface area (Å²) in [6, 6.07) is 14.1. The van der Waals surface area contributed by atoms with E-state index >= 15 is 0 Å². The lowest BCUT2D eigenvalue weighted by Crippen LogP contribution is -2.37. The molecule has 0 bridgehead atoms. The second kappa shape index (κ2) is 10.3. The summed E-state index contributed by atoms with van der Waals surface area (Å²) >= 11 is 0. The lowest BCUT2D eigenvalue weighted by atomic mass is 10.1. The summed E-state index contributed by atoms with van der Waals surface area (Å²) in [5.41, 5.74) is 3.78. The zero-order chi connectivity index (χ0) is 26.8. The Balaban J connectivity index is 1.46. The van der Waals surface area contributed by atoms with Gasteiger partial charge in [0.15, 0.2) is 11.5 Å². The molecule has 10 nitrogen and oxygen atoms in total. The van der Waals surface area contributed by atoms with Gasteiger partial charge >= 0.3 is 0 Å². The molecule has 2 aliphatic heterocycles. The Morgan fingerprint density at radius 1 is 1.03 bits per heavy atom. The van der Waals surface area contributed by atoms with Gasteiger partial charge in [-0.1, -0.05) is 18.2 Å². The van der Waals surface area contributed by atoms with Crippen LogP contribution in [0.15, 0.2) is 53.5 Å². The second-order valence-corrected chi connectivity index (χ2v) is 8.70. The Labute approximate surface area is 220 Å². The first-order valence-corrected chi connectivity index (χ1v) is 12.2. The summed E-state index contributed by atoms with van der Waals surface area (Å²) in [7, 11) is 4.50. The Morgan fingerprint density at radius 2 is 1.74 bits per heavy atom. The van der Waals surface area contributed by atoms with Gasteiger partial charge in [0.25, 0.3) is 11.8 Å². The third-order valence-corrected chi connectivity index (χ3v) is 6.49. The molecule has 38 heavy (non-hydrogen) atoms. The van der Waals surface area contributed by atoms with Gasteiger partial charge in [0.05, 0.1) is 42.8 Å². The number of amides is 2. The fourth-order valence-electron chi connectivity index (χ4n) is 4.67. The molecular formula is C28H28N4O6. The maximum atomic E-state index is 13.6. The highest BCUT2D eigenvalue weighted by atomic mass is 17.2. The minimum Gasteiger partial charge on any atom is -0.493 e. The molecule has 3 aromatic carbocycles. The minimum atomic E-state index is -0.273. The van der Waals surface area contributed by atoms with Crippen LogP contribution in [0.1, 0.15) is 33.2 Å². The summed E-state index contributed by atoms with van der Waals surface area (Å²) < 4.78 is 11.0. The Bertz CT molecular complexity index is 1440. The minimum absolute atomic E-state index is 0.167. The van der Waals surface area contributed by atoms with E-state index in [-0.39, 0.29) is 29.4 Å². The normalized spacial score (nSPS) is 15.1. The first-order chi connectivity index (χ1) is 18.5. The zero-order valence-corrected chi connectivity index (χ0v) is 21.5. The van der Waals surface area contributed by atoms with Crippen LogP contribution in [0.2, 0.25) is 0 Å². The SMILES string of the molecule is CCNc1cc(OOc2cc3c(cc2OC)C(=O)N2c4ccccc4C[C@H]2C=N3)c(OC)cc1C(=O)NC. The van der Waals surface area contributed by atoms with Crippen LogP contribution < -0.4 is 34.8 Å². The first kappa shape index (κ1) is 24.9. The van der Waals surface area contributed by atoms with Crippen LogP contribution in [-0.2, 0) is 6.42 Å². The molecule has 0 unspecified atom stereocenters. The average molecular weight is 517 g/mol. The molecule has 10 heteroatoms. The monoisotopic (exact) mass is 516 g/mol. The van der Waals surface area contributed by atoms with Crippen molar-refractivity contribution >= 4 is 35.1 Å². The molecular weight excluding hydrogens is 488 g/mol. The molecule has 0 spiro atoms. The quantitative estimate of drug-likeness (QED) is 0.342. The number of ether oxygens (including phenoxy) is 2. The molecule has 2 heterocycles. The van der Waals surface area contributed by atoms with Gasteiger partial charge in [0.2, 0.25) is 11.5 Å². The molecule has 0 aliphatic carbocycles. The number of anilines is 2. The first-order valence-electron chi connectivity index (χ1n) is 12.2. The Morgan fingerprint density at radius 3 is 2.45 bits per heavy atom. The molecule has 196 valence electrons. The van der Waals surface area contributed by atoms with Crippen LogP contribution in [-0.4, -0.2) is 51.9 Å². The molecule has 5 rings (SSSR count). The van der Waals surface area contributed by atoms with Crippen molar-refractivity contribution in [2.24, 2.45) is 4.99 Å². The van der Waals surface area contributed by atoms with Crippen molar-refractivity contribution in [3.8, 4) is 23.0 Å². The van der Waals surface area contributed by atoms with Crippen molar-refractivity contribution in [2.75, 3.05) is 38.0 Å². The molecule has 2 amide bonds. The number of para-hydroxylation sites is 1. The van der Waals surface area contributed by atoms with Gasteiger partial charge in [0.1, 0.15) is 0 Å². The Kier molecular flexibility index (Phi) is 6.78. The molecule has 2 aliphatic rings. The highest BCUT2D eigenvalue weighted by Gasteiger charge is 2.36. The Hall–Kier alpha value is -4.73. The molecule has 0 radical (unpaired) electrons. The number of benzene rings is 3. The van der Waals surface area contributed by atoms with Crippen LogP contribution in [0.25, 0.3) is 0 Å². The smallest absolute Gasteiger partial charge is 0.261 e. The van der Waals surface area contributed by atoms with Crippen LogP contribution in [0.4, 0.5) is 17.1 Å². The number of hydrogen-bond acceptors (Lipinski definition) is 8. The van der Waals surface area contributed by atoms with Gasteiger partial charge in [-0.3, -0.25) is 29.3 Å². The highest BCUT2D eigenvalue weighted by molar-refractivity contribution is 6.14. The van der Waals surface area contributed by atoms with Crippen molar-refractivity contribution in [1.82, 2.24) is 5.32 Å². The average Bonchev–Trinajstić information content (AvgIpc) is 3.26. The number of methoxy groups -OCH3 is 2. The largest absolute Gasteiger partial charge is 0.493 e. The second-order valence-electron chi connectivity index (χ2n) is 8.70. The molecule has 0 fully saturated rings. The number of carbonyl (C=O) groups excluding carboxylic acids is 2. The van der Waals surface area contributed by atoms with Crippen molar-refractivity contribution in [3.63, 3.8) is 0 Å². The number of hydrogen-bond donors (Lipinski definition) is 2. The number of fused-ring (bicyclic) bond motifs is 4. The summed E-state index contributed by atoms with van der Waals surface area (Å²) in [5.74, 6) is 0.619. The van der Waals surface area contributed by atoms with Crippen LogP contribution in [0.3, 0.4) is 0 Å². The van der Waals surface area contributed by atoms with E-state index < -0.39 is 0 Å². The fourth-order valence-corrected chi connectivity index (χ4v) is 4.67. The molecule has 1 atom stereocenters. The van der Waals surface area contributed by atoms with Crippen molar-refractivity contribution < 1.29 is 28.8 Å². The molecule has 3 aromatic rings. The van der Waals surface area contributed by atoms with Crippen molar-refractivity contribution in [2.45, 2.75) is 19.4 Å². The topological polar surface area (TPSA) is 111 Å². The number of nitrogens with one attached hydrogen (secondary N) is 2. The summed E-state index contributed by atoms with van der Waals surface area (Å²) in [5, 5.41) is 5.76. The van der Waals surface area contributed by atoms with Crippen LogP contribution in [0.5, 0.6) is 23.0 Å². The van der Waals surface area contributed by atoms with Crippen molar-refractivity contribution in [3.05, 3.63) is 65.2 Å². The number of rotatable bonds is 8. The molecule has 2 N–H and O–H groups in total. The van der Waals surface area contributed by atoms with E-state index in [4.69, 9.17) is 19.2 Å². The molecule has 0 aromatic heterocycles. The third kappa shape index (κ3) is 4.34. The number of carbonyl (C=O) groups is 2. The predicted molar refractivity (Wildman–Crippen MR) is 144 cm³/mol. The highest BCUT2D eigenvalue weighted by Crippen LogP contribution is 2.41.